The molecule has 1 aliphatic rings. The number of benzene rings is 1. The van der Waals surface area contributed by atoms with Crippen molar-refractivity contribution in [2.45, 2.75) is 13.2 Å². The van der Waals surface area contributed by atoms with E-state index in [4.69, 9.17) is 24.0 Å². The van der Waals surface area contributed by atoms with Crippen molar-refractivity contribution >= 4 is 12.1 Å². The quantitative estimate of drug-likeness (QED) is 0.260. The predicted octanol–water partition coefficient (Wildman–Crippen LogP) is 2.37. The second kappa shape index (κ2) is 7.08. The number of methoxy groups -OCH3 is 1. The second-order valence-electron chi connectivity index (χ2n) is 3.74. The van der Waals surface area contributed by atoms with Gasteiger partial charge in [0, 0.05) is 5.56 Å². The molecule has 2 rings (SSSR count). The van der Waals surface area contributed by atoms with Gasteiger partial charge in [0.1, 0.15) is 5.75 Å². The minimum atomic E-state index is -0.422. The number of ether oxygens (including phenoxy) is 3. The largest absolute Gasteiger partial charge is 0.497 e. The van der Waals surface area contributed by atoms with E-state index in [0.29, 0.717) is 25.5 Å². The molecule has 0 spiro atoms. The van der Waals surface area contributed by atoms with Crippen LogP contribution < -0.4 is 4.74 Å². The minimum absolute atomic E-state index is 0.422. The molecule has 1 saturated heterocycles. The van der Waals surface area contributed by atoms with Crippen molar-refractivity contribution in [2.24, 2.45) is 4.99 Å². The molecule has 1 aromatic carbocycles. The van der Waals surface area contributed by atoms with Crippen molar-refractivity contribution in [3.8, 4) is 5.75 Å². The lowest BCUT2D eigenvalue weighted by Gasteiger charge is -2.13. The van der Waals surface area contributed by atoms with Crippen molar-refractivity contribution in [3.05, 3.63) is 23.8 Å². The summed E-state index contributed by atoms with van der Waals surface area (Å²) in [5.74, 6) is 0.721. The molecule has 1 fully saturated rings. The van der Waals surface area contributed by atoms with Crippen LogP contribution in [0.15, 0.2) is 23.2 Å². The smallest absolute Gasteiger partial charge is 0.219 e. The van der Waals surface area contributed by atoms with Gasteiger partial charge in [-0.15, -0.1) is 0 Å². The Bertz CT molecular complexity index is 429. The zero-order valence-electron chi connectivity index (χ0n) is 11.0. The normalized spacial score (nSPS) is 16.1. The lowest BCUT2D eigenvalue weighted by Crippen LogP contribution is -1.99. The average Bonchev–Trinajstić information content (AvgIpc) is 2.97. The first-order valence-corrected chi connectivity index (χ1v) is 6.07. The molecular weight excluding hydrogens is 250 g/mol. The van der Waals surface area contributed by atoms with E-state index in [2.05, 4.69) is 4.99 Å². The summed E-state index contributed by atoms with van der Waals surface area (Å²) in [6.45, 7) is 3.42. The molecule has 0 bridgehead atoms. The molecule has 6 nitrogen and oxygen atoms in total. The van der Waals surface area contributed by atoms with E-state index in [9.17, 15) is 0 Å². The molecule has 0 amide bonds. The van der Waals surface area contributed by atoms with Gasteiger partial charge in [0.05, 0.1) is 32.6 Å². The standard InChI is InChI=1S/C13H17NO5/c1-3-18-19-9-14-12-5-4-10(15-2)8-11(12)13-16-6-7-17-13/h4-5,8-9,13H,3,6-7H2,1-2H3. The lowest BCUT2D eigenvalue weighted by atomic mass is 10.1. The topological polar surface area (TPSA) is 58.5 Å². The van der Waals surface area contributed by atoms with E-state index in [0.717, 1.165) is 11.3 Å². The Balaban J connectivity index is 2.18. The fourth-order valence-corrected chi connectivity index (χ4v) is 1.68. The molecule has 1 heterocycles. The van der Waals surface area contributed by atoms with Gasteiger partial charge in [-0.1, -0.05) is 0 Å². The first-order valence-electron chi connectivity index (χ1n) is 6.07. The van der Waals surface area contributed by atoms with Crippen molar-refractivity contribution in [3.63, 3.8) is 0 Å². The fourth-order valence-electron chi connectivity index (χ4n) is 1.68. The zero-order chi connectivity index (χ0) is 13.5. The number of hydrogen-bond donors (Lipinski definition) is 0. The van der Waals surface area contributed by atoms with Gasteiger partial charge in [0.2, 0.25) is 6.40 Å². The van der Waals surface area contributed by atoms with Gasteiger partial charge in [-0.2, -0.15) is 4.89 Å². The van der Waals surface area contributed by atoms with Crippen molar-refractivity contribution in [1.29, 1.82) is 0 Å². The number of rotatable bonds is 6. The van der Waals surface area contributed by atoms with Crippen molar-refractivity contribution in [1.82, 2.24) is 0 Å². The van der Waals surface area contributed by atoms with Crippen LogP contribution in [0.25, 0.3) is 0 Å². The molecule has 0 unspecified atom stereocenters. The van der Waals surface area contributed by atoms with Gasteiger partial charge < -0.3 is 19.1 Å². The molecule has 1 aromatic rings. The summed E-state index contributed by atoms with van der Waals surface area (Å²) >= 11 is 0. The maximum absolute atomic E-state index is 5.48. The molecule has 104 valence electrons. The predicted molar refractivity (Wildman–Crippen MR) is 68.5 cm³/mol. The highest BCUT2D eigenvalue weighted by Crippen LogP contribution is 2.34. The van der Waals surface area contributed by atoms with Crippen LogP contribution in [-0.2, 0) is 19.2 Å². The van der Waals surface area contributed by atoms with Crippen molar-refractivity contribution in [2.75, 3.05) is 26.9 Å². The Kier molecular flexibility index (Phi) is 5.14. The average molecular weight is 267 g/mol. The molecule has 0 N–H and O–H groups in total. The van der Waals surface area contributed by atoms with Crippen LogP contribution in [0.1, 0.15) is 18.8 Å². The van der Waals surface area contributed by atoms with E-state index < -0.39 is 6.29 Å². The Morgan fingerprint density at radius 2 is 2.16 bits per heavy atom. The number of aliphatic imine (C=N–C) groups is 1. The Morgan fingerprint density at radius 1 is 1.37 bits per heavy atom. The minimum Gasteiger partial charge on any atom is -0.497 e. The first-order chi connectivity index (χ1) is 9.35. The third kappa shape index (κ3) is 3.66. The monoisotopic (exact) mass is 267 g/mol. The van der Waals surface area contributed by atoms with Gasteiger partial charge in [-0.3, -0.25) is 0 Å². The van der Waals surface area contributed by atoms with Gasteiger partial charge in [0.15, 0.2) is 6.29 Å². The van der Waals surface area contributed by atoms with Crippen LogP contribution >= 0.6 is 0 Å². The van der Waals surface area contributed by atoms with Crippen LogP contribution in [0.4, 0.5) is 5.69 Å². The summed E-state index contributed by atoms with van der Waals surface area (Å²) in [5, 5.41) is 0. The van der Waals surface area contributed by atoms with E-state index in [-0.39, 0.29) is 0 Å². The van der Waals surface area contributed by atoms with Gasteiger partial charge >= 0.3 is 0 Å². The molecule has 19 heavy (non-hydrogen) atoms. The van der Waals surface area contributed by atoms with Crippen LogP contribution in [0.2, 0.25) is 0 Å². The van der Waals surface area contributed by atoms with Crippen LogP contribution in [0.5, 0.6) is 5.75 Å². The molecule has 6 heteroatoms. The summed E-state index contributed by atoms with van der Waals surface area (Å²) in [4.78, 5) is 13.7. The third-order valence-corrected chi connectivity index (χ3v) is 2.53. The van der Waals surface area contributed by atoms with E-state index >= 15 is 0 Å². The summed E-state index contributed by atoms with van der Waals surface area (Å²) in [6.07, 6.45) is 0.818. The van der Waals surface area contributed by atoms with Crippen LogP contribution in [0, 0.1) is 0 Å². The van der Waals surface area contributed by atoms with Crippen LogP contribution in [0.3, 0.4) is 0 Å². The lowest BCUT2D eigenvalue weighted by molar-refractivity contribution is -0.211. The summed E-state index contributed by atoms with van der Waals surface area (Å²) in [6, 6.07) is 5.46. The summed E-state index contributed by atoms with van der Waals surface area (Å²) < 4.78 is 16.2. The van der Waals surface area contributed by atoms with Gasteiger partial charge in [0.25, 0.3) is 0 Å². The maximum Gasteiger partial charge on any atom is 0.219 e. The van der Waals surface area contributed by atoms with Crippen LogP contribution in [-0.4, -0.2) is 33.3 Å². The SMILES string of the molecule is CCOOC=Nc1ccc(OC)cc1C1OCCO1. The van der Waals surface area contributed by atoms with E-state index in [1.165, 1.54) is 6.40 Å². The Hall–Kier alpha value is -1.63. The van der Waals surface area contributed by atoms with E-state index in [1.54, 1.807) is 7.11 Å². The van der Waals surface area contributed by atoms with Crippen molar-refractivity contribution < 1.29 is 24.0 Å². The first kappa shape index (κ1) is 13.8. The molecular formula is C13H17NO5. The highest BCUT2D eigenvalue weighted by atomic mass is 17.2. The highest BCUT2D eigenvalue weighted by Gasteiger charge is 2.22. The maximum atomic E-state index is 5.48. The second-order valence-corrected chi connectivity index (χ2v) is 3.74. The fraction of sp³-hybridized carbons (Fsp3) is 0.462. The summed E-state index contributed by atoms with van der Waals surface area (Å²) in [7, 11) is 1.61. The third-order valence-electron chi connectivity index (χ3n) is 2.53. The van der Waals surface area contributed by atoms with Gasteiger partial charge in [-0.25, -0.2) is 4.99 Å². The molecule has 0 aromatic heterocycles. The molecule has 0 radical (unpaired) electrons. The Morgan fingerprint density at radius 3 is 2.84 bits per heavy atom. The molecule has 0 saturated carbocycles. The summed E-state index contributed by atoms with van der Waals surface area (Å²) in [5.41, 5.74) is 1.49. The molecule has 0 aliphatic carbocycles. The molecule has 0 atom stereocenters. The Labute approximate surface area is 111 Å². The number of hydrogen-bond acceptors (Lipinski definition) is 6. The molecule has 1 aliphatic heterocycles. The highest BCUT2D eigenvalue weighted by molar-refractivity contribution is 5.60. The van der Waals surface area contributed by atoms with Gasteiger partial charge in [-0.05, 0) is 25.1 Å². The van der Waals surface area contributed by atoms with E-state index in [1.807, 2.05) is 25.1 Å². The number of nitrogens with zero attached hydrogens (tertiary/aromatic N) is 1. The zero-order valence-corrected chi connectivity index (χ0v) is 11.0.